The van der Waals surface area contributed by atoms with Crippen LogP contribution < -0.4 is 15.5 Å². The smallest absolute Gasteiger partial charge is 0.322 e. The lowest BCUT2D eigenvalue weighted by Crippen LogP contribution is -2.37. The van der Waals surface area contributed by atoms with E-state index >= 15 is 0 Å². The summed E-state index contributed by atoms with van der Waals surface area (Å²) in [4.78, 5) is 28.7. The van der Waals surface area contributed by atoms with Gasteiger partial charge in [0.1, 0.15) is 5.82 Å². The number of hydrogen-bond acceptors (Lipinski definition) is 4. The third kappa shape index (κ3) is 7.85. The number of nitrogens with zero attached hydrogens (tertiary/aromatic N) is 2. The number of urea groups is 1. The van der Waals surface area contributed by atoms with Crippen LogP contribution in [0.3, 0.4) is 0 Å². The summed E-state index contributed by atoms with van der Waals surface area (Å²) in [7, 11) is 5.41. The van der Waals surface area contributed by atoms with Crippen LogP contribution in [0.15, 0.2) is 42.5 Å². The fraction of sp³-hybridized carbons (Fsp3) is 0.417. The number of methoxy groups -OCH3 is 1. The van der Waals surface area contributed by atoms with Crippen LogP contribution >= 0.6 is 0 Å². The number of benzene rings is 2. The number of carbonyl (C=O) groups is 2. The van der Waals surface area contributed by atoms with Gasteiger partial charge >= 0.3 is 6.03 Å². The zero-order chi connectivity index (χ0) is 23.7. The molecule has 2 aromatic rings. The molecule has 0 aliphatic heterocycles. The molecule has 174 valence electrons. The first-order valence-electron chi connectivity index (χ1n) is 10.6. The van der Waals surface area contributed by atoms with E-state index in [1.165, 1.54) is 18.2 Å². The molecule has 7 nitrogen and oxygen atoms in total. The van der Waals surface area contributed by atoms with Crippen molar-refractivity contribution < 1.29 is 18.7 Å². The molecule has 0 aliphatic carbocycles. The minimum atomic E-state index is -0.425. The summed E-state index contributed by atoms with van der Waals surface area (Å²) in [5.74, 6) is -0.221. The standard InChI is InChI=1S/C24H33FN4O3/c1-17(2)13-23(30)26-21-9-10-22(28(3)4)18(14-21)16-29(11-12-32-5)24(31)27-20-8-6-7-19(25)15-20/h6-10,14-15,17H,11-13,16H2,1-5H3,(H,26,30)(H,27,31). The molecule has 2 aromatic carbocycles. The van der Waals surface area contributed by atoms with E-state index in [1.54, 1.807) is 18.1 Å². The van der Waals surface area contributed by atoms with Gasteiger partial charge in [0, 0.05) is 57.8 Å². The maximum absolute atomic E-state index is 13.5. The minimum absolute atomic E-state index is 0.0522. The van der Waals surface area contributed by atoms with Crippen LogP contribution in [0.4, 0.5) is 26.2 Å². The van der Waals surface area contributed by atoms with E-state index in [0.29, 0.717) is 30.9 Å². The molecule has 3 amide bonds. The van der Waals surface area contributed by atoms with Gasteiger partial charge < -0.3 is 25.2 Å². The van der Waals surface area contributed by atoms with Gasteiger partial charge in [0.25, 0.3) is 0 Å². The molecule has 0 saturated heterocycles. The van der Waals surface area contributed by atoms with Gasteiger partial charge in [-0.25, -0.2) is 9.18 Å². The van der Waals surface area contributed by atoms with Gasteiger partial charge in [0.15, 0.2) is 0 Å². The van der Waals surface area contributed by atoms with Crippen molar-refractivity contribution in [2.75, 3.05) is 49.9 Å². The summed E-state index contributed by atoms with van der Waals surface area (Å²) in [6.07, 6.45) is 0.431. The van der Waals surface area contributed by atoms with E-state index in [1.807, 2.05) is 51.0 Å². The predicted molar refractivity (Wildman–Crippen MR) is 127 cm³/mol. The summed E-state index contributed by atoms with van der Waals surface area (Å²) >= 11 is 0. The fourth-order valence-corrected chi connectivity index (χ4v) is 3.24. The second-order valence-electron chi connectivity index (χ2n) is 8.24. The highest BCUT2D eigenvalue weighted by molar-refractivity contribution is 5.91. The van der Waals surface area contributed by atoms with Crippen molar-refractivity contribution in [2.45, 2.75) is 26.8 Å². The third-order valence-electron chi connectivity index (χ3n) is 4.73. The van der Waals surface area contributed by atoms with Crippen molar-refractivity contribution in [1.29, 1.82) is 0 Å². The SMILES string of the molecule is COCCN(Cc1cc(NC(=O)CC(C)C)ccc1N(C)C)C(=O)Nc1cccc(F)c1. The Morgan fingerprint density at radius 2 is 1.78 bits per heavy atom. The van der Waals surface area contributed by atoms with Gasteiger partial charge in [-0.1, -0.05) is 19.9 Å². The molecule has 0 saturated carbocycles. The average Bonchev–Trinajstić information content (AvgIpc) is 2.70. The molecule has 0 radical (unpaired) electrons. The molecule has 0 aromatic heterocycles. The first-order chi connectivity index (χ1) is 15.2. The maximum Gasteiger partial charge on any atom is 0.322 e. The van der Waals surface area contributed by atoms with Crippen LogP contribution in [-0.2, 0) is 16.1 Å². The van der Waals surface area contributed by atoms with Crippen molar-refractivity contribution >= 4 is 29.0 Å². The Morgan fingerprint density at radius 3 is 2.41 bits per heavy atom. The highest BCUT2D eigenvalue weighted by atomic mass is 19.1. The molecule has 0 spiro atoms. The Kier molecular flexibility index (Phi) is 9.46. The van der Waals surface area contributed by atoms with Crippen LogP contribution in [0.1, 0.15) is 25.8 Å². The third-order valence-corrected chi connectivity index (χ3v) is 4.73. The number of nitrogens with one attached hydrogen (secondary N) is 2. The molecule has 8 heteroatoms. The number of amides is 3. The van der Waals surface area contributed by atoms with Crippen molar-refractivity contribution in [2.24, 2.45) is 5.92 Å². The lowest BCUT2D eigenvalue weighted by atomic mass is 10.1. The Labute approximate surface area is 189 Å². The van der Waals surface area contributed by atoms with Gasteiger partial charge in [-0.2, -0.15) is 0 Å². The Balaban J connectivity index is 2.26. The van der Waals surface area contributed by atoms with Crippen LogP contribution in [0.5, 0.6) is 0 Å². The summed E-state index contributed by atoms with van der Waals surface area (Å²) in [6.45, 7) is 4.95. The molecule has 0 atom stereocenters. The van der Waals surface area contributed by atoms with Gasteiger partial charge in [-0.15, -0.1) is 0 Å². The van der Waals surface area contributed by atoms with Crippen LogP contribution in [0.25, 0.3) is 0 Å². The number of ether oxygens (including phenoxy) is 1. The summed E-state index contributed by atoms with van der Waals surface area (Å²) in [5, 5.41) is 5.67. The van der Waals surface area contributed by atoms with E-state index in [2.05, 4.69) is 10.6 Å². The number of carbonyl (C=O) groups excluding carboxylic acids is 2. The summed E-state index contributed by atoms with van der Waals surface area (Å²) in [6, 6.07) is 11.0. The molecule has 32 heavy (non-hydrogen) atoms. The molecule has 2 rings (SSSR count). The largest absolute Gasteiger partial charge is 0.383 e. The van der Waals surface area contributed by atoms with Gasteiger partial charge in [0.05, 0.1) is 6.61 Å². The molecular weight excluding hydrogens is 411 g/mol. The van der Waals surface area contributed by atoms with Gasteiger partial charge in [0.2, 0.25) is 5.91 Å². The van der Waals surface area contributed by atoms with E-state index in [4.69, 9.17) is 4.74 Å². The molecule has 0 unspecified atom stereocenters. The molecule has 0 aliphatic rings. The quantitative estimate of drug-likeness (QED) is 0.564. The van der Waals surface area contributed by atoms with E-state index in [-0.39, 0.29) is 24.4 Å². The lowest BCUT2D eigenvalue weighted by molar-refractivity contribution is -0.116. The highest BCUT2D eigenvalue weighted by Crippen LogP contribution is 2.25. The van der Waals surface area contributed by atoms with Crippen molar-refractivity contribution in [1.82, 2.24) is 4.90 Å². The molecule has 0 bridgehead atoms. The molecule has 0 heterocycles. The van der Waals surface area contributed by atoms with Crippen LogP contribution in [-0.4, -0.2) is 51.2 Å². The zero-order valence-electron chi connectivity index (χ0n) is 19.4. The molecular formula is C24H33FN4O3. The lowest BCUT2D eigenvalue weighted by Gasteiger charge is -2.26. The summed E-state index contributed by atoms with van der Waals surface area (Å²) in [5.41, 5.74) is 2.84. The van der Waals surface area contributed by atoms with Crippen molar-refractivity contribution in [3.8, 4) is 0 Å². The number of rotatable bonds is 10. The predicted octanol–water partition coefficient (Wildman–Crippen LogP) is 4.56. The number of halogens is 1. The fourth-order valence-electron chi connectivity index (χ4n) is 3.24. The van der Waals surface area contributed by atoms with Gasteiger partial charge in [-0.3, -0.25) is 4.79 Å². The molecule has 2 N–H and O–H groups in total. The maximum atomic E-state index is 13.5. The van der Waals surface area contributed by atoms with E-state index < -0.39 is 5.82 Å². The Hall–Kier alpha value is -3.13. The first kappa shape index (κ1) is 25.1. The Morgan fingerprint density at radius 1 is 1.06 bits per heavy atom. The Bertz CT molecular complexity index is 918. The summed E-state index contributed by atoms with van der Waals surface area (Å²) < 4.78 is 18.7. The monoisotopic (exact) mass is 444 g/mol. The van der Waals surface area contributed by atoms with Crippen LogP contribution in [0, 0.1) is 11.7 Å². The minimum Gasteiger partial charge on any atom is -0.383 e. The second kappa shape index (κ2) is 12.0. The number of hydrogen-bond donors (Lipinski definition) is 2. The van der Waals surface area contributed by atoms with E-state index in [0.717, 1.165) is 11.3 Å². The van der Waals surface area contributed by atoms with Gasteiger partial charge in [-0.05, 0) is 47.9 Å². The molecule has 0 fully saturated rings. The highest BCUT2D eigenvalue weighted by Gasteiger charge is 2.18. The van der Waals surface area contributed by atoms with Crippen LogP contribution in [0.2, 0.25) is 0 Å². The zero-order valence-corrected chi connectivity index (χ0v) is 19.4. The van der Waals surface area contributed by atoms with E-state index in [9.17, 15) is 14.0 Å². The normalized spacial score (nSPS) is 10.7. The van der Waals surface area contributed by atoms with Crippen molar-refractivity contribution in [3.63, 3.8) is 0 Å². The number of anilines is 3. The van der Waals surface area contributed by atoms with Crippen molar-refractivity contribution in [3.05, 3.63) is 53.8 Å². The topological polar surface area (TPSA) is 73.9 Å². The first-order valence-corrected chi connectivity index (χ1v) is 10.6. The average molecular weight is 445 g/mol. The second-order valence-corrected chi connectivity index (χ2v) is 8.24.